The molecule has 1 rings (SSSR count). The molecule has 0 aliphatic carbocycles. The number of hydrogen-bond acceptors (Lipinski definition) is 5. The number of carbonyl (C=O) groups is 1. The van der Waals surface area contributed by atoms with Crippen LogP contribution in [0.3, 0.4) is 0 Å². The number of primary sulfonamides is 1. The monoisotopic (exact) mass is 261 g/mol. The number of thioether (sulfide) groups is 1. The predicted molar refractivity (Wildman–Crippen MR) is 60.9 cm³/mol. The van der Waals surface area contributed by atoms with E-state index >= 15 is 0 Å². The molecule has 1 aromatic carbocycles. The maximum atomic E-state index is 11.3. The van der Waals surface area contributed by atoms with Gasteiger partial charge in [0.25, 0.3) is 0 Å². The molecular weight excluding hydrogens is 250 g/mol. The second-order valence-electron chi connectivity index (χ2n) is 2.90. The van der Waals surface area contributed by atoms with Crippen LogP contribution in [0, 0.1) is 0 Å². The molecule has 0 atom stereocenters. The molecule has 0 unspecified atom stereocenters. The van der Waals surface area contributed by atoms with Gasteiger partial charge < -0.3 is 4.74 Å². The summed E-state index contributed by atoms with van der Waals surface area (Å²) in [6.45, 7) is 0. The molecule has 0 saturated carbocycles. The lowest BCUT2D eigenvalue weighted by molar-refractivity contribution is 0.0600. The Morgan fingerprint density at radius 2 is 2.06 bits per heavy atom. The summed E-state index contributed by atoms with van der Waals surface area (Å²) < 4.78 is 27.1. The zero-order valence-corrected chi connectivity index (χ0v) is 10.4. The Morgan fingerprint density at radius 3 is 2.50 bits per heavy atom. The van der Waals surface area contributed by atoms with E-state index in [0.29, 0.717) is 4.90 Å². The average Bonchev–Trinajstić information content (AvgIpc) is 2.26. The van der Waals surface area contributed by atoms with Crippen LogP contribution in [0.15, 0.2) is 28.0 Å². The quantitative estimate of drug-likeness (QED) is 0.643. The van der Waals surface area contributed by atoms with Crippen molar-refractivity contribution in [3.05, 3.63) is 23.8 Å². The summed E-state index contributed by atoms with van der Waals surface area (Å²) in [5.41, 5.74) is 0.157. The molecule has 0 bridgehead atoms. The van der Waals surface area contributed by atoms with Crippen molar-refractivity contribution < 1.29 is 17.9 Å². The van der Waals surface area contributed by atoms with Crippen LogP contribution in [0.25, 0.3) is 0 Å². The van der Waals surface area contributed by atoms with Crippen LogP contribution in [0.4, 0.5) is 0 Å². The second kappa shape index (κ2) is 4.86. The number of benzene rings is 1. The van der Waals surface area contributed by atoms with Gasteiger partial charge in [0.2, 0.25) is 10.0 Å². The number of hydrogen-bond donors (Lipinski definition) is 1. The largest absolute Gasteiger partial charge is 0.465 e. The second-order valence-corrected chi connectivity index (χ2v) is 5.28. The fraction of sp³-hybridized carbons (Fsp3) is 0.222. The lowest BCUT2D eigenvalue weighted by Crippen LogP contribution is -2.14. The van der Waals surface area contributed by atoms with Gasteiger partial charge in [0, 0.05) is 4.90 Å². The van der Waals surface area contributed by atoms with Gasteiger partial charge in [0.05, 0.1) is 17.6 Å². The molecule has 0 saturated heterocycles. The zero-order chi connectivity index (χ0) is 12.3. The van der Waals surface area contributed by atoms with Gasteiger partial charge in [0.15, 0.2) is 0 Å². The van der Waals surface area contributed by atoms with Gasteiger partial charge in [-0.05, 0) is 24.5 Å². The van der Waals surface area contributed by atoms with Crippen LogP contribution >= 0.6 is 11.8 Å². The van der Waals surface area contributed by atoms with Gasteiger partial charge in [-0.3, -0.25) is 0 Å². The highest BCUT2D eigenvalue weighted by Gasteiger charge is 2.16. The van der Waals surface area contributed by atoms with Gasteiger partial charge in [-0.2, -0.15) is 0 Å². The lowest BCUT2D eigenvalue weighted by Gasteiger charge is -2.06. The minimum Gasteiger partial charge on any atom is -0.465 e. The van der Waals surface area contributed by atoms with Crippen LogP contribution in [-0.4, -0.2) is 27.8 Å². The number of ether oxygens (including phenoxy) is 1. The number of carbonyl (C=O) groups excluding carboxylic acids is 1. The smallest absolute Gasteiger partial charge is 0.337 e. The highest BCUT2D eigenvalue weighted by atomic mass is 32.2. The molecule has 0 heterocycles. The molecule has 0 radical (unpaired) electrons. The predicted octanol–water partition coefficient (Wildman–Crippen LogP) is 0.843. The molecule has 0 aliphatic rings. The Labute approximate surface area is 98.0 Å². The van der Waals surface area contributed by atoms with Gasteiger partial charge in [-0.25, -0.2) is 18.4 Å². The first kappa shape index (κ1) is 13.0. The molecule has 0 aromatic heterocycles. The molecule has 0 amide bonds. The summed E-state index contributed by atoms with van der Waals surface area (Å²) >= 11 is 1.24. The van der Waals surface area contributed by atoms with E-state index in [1.54, 1.807) is 6.26 Å². The Kier molecular flexibility index (Phi) is 3.95. The molecule has 5 nitrogen and oxygen atoms in total. The summed E-state index contributed by atoms with van der Waals surface area (Å²) in [5, 5.41) is 5.05. The summed E-state index contributed by atoms with van der Waals surface area (Å²) in [6.07, 6.45) is 1.72. The van der Waals surface area contributed by atoms with Crippen LogP contribution in [0.2, 0.25) is 0 Å². The molecule has 2 N–H and O–H groups in total. The van der Waals surface area contributed by atoms with Crippen LogP contribution in [0.5, 0.6) is 0 Å². The Morgan fingerprint density at radius 1 is 1.44 bits per heavy atom. The van der Waals surface area contributed by atoms with Crippen LogP contribution in [0.1, 0.15) is 10.4 Å². The van der Waals surface area contributed by atoms with E-state index in [0.717, 1.165) is 0 Å². The number of rotatable bonds is 3. The lowest BCUT2D eigenvalue weighted by atomic mass is 10.2. The third kappa shape index (κ3) is 2.75. The Hall–Kier alpha value is -1.05. The SMILES string of the molecule is COC(=O)c1ccc(SC)c(S(N)(=O)=O)c1. The van der Waals surface area contributed by atoms with Crippen LogP contribution in [-0.2, 0) is 14.8 Å². The van der Waals surface area contributed by atoms with E-state index in [9.17, 15) is 13.2 Å². The Bertz CT molecular complexity index is 510. The third-order valence-electron chi connectivity index (χ3n) is 1.89. The zero-order valence-electron chi connectivity index (χ0n) is 8.76. The van der Waals surface area contributed by atoms with E-state index in [2.05, 4.69) is 4.74 Å². The van der Waals surface area contributed by atoms with Crippen molar-refractivity contribution in [2.24, 2.45) is 5.14 Å². The first-order valence-electron chi connectivity index (χ1n) is 4.19. The highest BCUT2D eigenvalue weighted by Crippen LogP contribution is 2.25. The summed E-state index contributed by atoms with van der Waals surface area (Å²) in [5.74, 6) is -0.599. The number of nitrogens with two attached hydrogens (primary N) is 1. The van der Waals surface area contributed by atoms with Crippen LogP contribution < -0.4 is 5.14 Å². The molecular formula is C9H11NO4S2. The van der Waals surface area contributed by atoms with Gasteiger partial charge in [-0.1, -0.05) is 0 Å². The summed E-state index contributed by atoms with van der Waals surface area (Å²) in [4.78, 5) is 11.7. The highest BCUT2D eigenvalue weighted by molar-refractivity contribution is 7.99. The van der Waals surface area contributed by atoms with Crippen molar-refractivity contribution in [1.82, 2.24) is 0 Å². The third-order valence-corrected chi connectivity index (χ3v) is 3.77. The molecule has 7 heteroatoms. The fourth-order valence-corrected chi connectivity index (χ4v) is 2.85. The van der Waals surface area contributed by atoms with Crippen molar-refractivity contribution in [3.63, 3.8) is 0 Å². The molecule has 16 heavy (non-hydrogen) atoms. The van der Waals surface area contributed by atoms with E-state index in [-0.39, 0.29) is 10.5 Å². The van der Waals surface area contributed by atoms with E-state index in [1.165, 1.54) is 37.1 Å². The topological polar surface area (TPSA) is 86.5 Å². The minimum absolute atomic E-state index is 0.0668. The van der Waals surface area contributed by atoms with E-state index in [1.807, 2.05) is 0 Å². The molecule has 88 valence electrons. The normalized spacial score (nSPS) is 11.2. The maximum absolute atomic E-state index is 11.3. The first-order valence-corrected chi connectivity index (χ1v) is 6.96. The van der Waals surface area contributed by atoms with Gasteiger partial charge in [-0.15, -0.1) is 11.8 Å². The average molecular weight is 261 g/mol. The van der Waals surface area contributed by atoms with Crippen molar-refractivity contribution >= 4 is 27.8 Å². The fourth-order valence-electron chi connectivity index (χ4n) is 1.14. The molecule has 1 aromatic rings. The first-order chi connectivity index (χ1) is 7.40. The maximum Gasteiger partial charge on any atom is 0.337 e. The van der Waals surface area contributed by atoms with Crippen molar-refractivity contribution in [2.75, 3.05) is 13.4 Å². The van der Waals surface area contributed by atoms with Gasteiger partial charge in [0.1, 0.15) is 0 Å². The summed E-state index contributed by atoms with van der Waals surface area (Å²) in [7, 11) is -2.61. The molecule has 0 fully saturated rings. The molecule has 0 spiro atoms. The Balaban J connectivity index is 3.39. The van der Waals surface area contributed by atoms with Crippen molar-refractivity contribution in [2.45, 2.75) is 9.79 Å². The van der Waals surface area contributed by atoms with Crippen molar-refractivity contribution in [3.8, 4) is 0 Å². The molecule has 0 aliphatic heterocycles. The van der Waals surface area contributed by atoms with E-state index < -0.39 is 16.0 Å². The minimum atomic E-state index is -3.84. The number of esters is 1. The summed E-state index contributed by atoms with van der Waals surface area (Å²) in [6, 6.07) is 4.23. The number of methoxy groups -OCH3 is 1. The number of sulfonamides is 1. The van der Waals surface area contributed by atoms with E-state index in [4.69, 9.17) is 5.14 Å². The van der Waals surface area contributed by atoms with Crippen molar-refractivity contribution in [1.29, 1.82) is 0 Å². The standard InChI is InChI=1S/C9H11NO4S2/c1-14-9(11)6-3-4-7(15-2)8(5-6)16(10,12)13/h3-5H,1-2H3,(H2,10,12,13). The van der Waals surface area contributed by atoms with Gasteiger partial charge >= 0.3 is 5.97 Å².